The molecule has 2 saturated heterocycles. The van der Waals surface area contributed by atoms with Crippen molar-refractivity contribution in [2.24, 2.45) is 4.99 Å². The Morgan fingerprint density at radius 3 is 2.48 bits per heavy atom. The first-order chi connectivity index (χ1) is 13.6. The minimum Gasteiger partial charge on any atom is -0.379 e. The Morgan fingerprint density at radius 1 is 1.14 bits per heavy atom. The lowest BCUT2D eigenvalue weighted by molar-refractivity contribution is -0.00834. The van der Waals surface area contributed by atoms with Crippen molar-refractivity contribution in [3.8, 4) is 0 Å². The molecule has 8 heteroatoms. The molecule has 1 aromatic rings. The first kappa shape index (κ1) is 24.1. The van der Waals surface area contributed by atoms with E-state index < -0.39 is 0 Å². The summed E-state index contributed by atoms with van der Waals surface area (Å²) in [6, 6.07) is 4.27. The molecule has 29 heavy (non-hydrogen) atoms. The number of nitrogens with zero attached hydrogens (tertiary/aromatic N) is 4. The molecule has 3 rings (SSSR count). The Bertz CT molecular complexity index is 625. The van der Waals surface area contributed by atoms with Crippen LogP contribution in [0.5, 0.6) is 0 Å². The molecular weight excluding hydrogens is 479 g/mol. The number of nitrogens with one attached hydrogen (secondary N) is 2. The molecule has 2 aliphatic rings. The first-order valence-corrected chi connectivity index (χ1v) is 10.6. The van der Waals surface area contributed by atoms with Crippen LogP contribution in [0.4, 0.5) is 5.82 Å². The molecule has 0 aliphatic carbocycles. The first-order valence-electron chi connectivity index (χ1n) is 10.6. The second kappa shape index (κ2) is 11.9. The zero-order valence-electron chi connectivity index (χ0n) is 18.1. The molecule has 7 nitrogen and oxygen atoms in total. The highest BCUT2D eigenvalue weighted by molar-refractivity contribution is 14.0. The van der Waals surface area contributed by atoms with Crippen molar-refractivity contribution in [3.63, 3.8) is 0 Å². The Balaban J connectivity index is 0.00000300. The van der Waals surface area contributed by atoms with Gasteiger partial charge in [-0.25, -0.2) is 9.98 Å². The maximum atomic E-state index is 5.48. The van der Waals surface area contributed by atoms with E-state index in [1.807, 2.05) is 6.20 Å². The van der Waals surface area contributed by atoms with Crippen molar-refractivity contribution in [2.75, 3.05) is 57.4 Å². The molecule has 0 amide bonds. The third kappa shape index (κ3) is 7.25. The molecule has 0 bridgehead atoms. The summed E-state index contributed by atoms with van der Waals surface area (Å²) < 4.78 is 5.48. The van der Waals surface area contributed by atoms with Gasteiger partial charge in [-0.3, -0.25) is 4.90 Å². The van der Waals surface area contributed by atoms with Gasteiger partial charge in [0.15, 0.2) is 5.96 Å². The third-order valence-corrected chi connectivity index (χ3v) is 5.56. The van der Waals surface area contributed by atoms with Gasteiger partial charge < -0.3 is 20.3 Å². The second-order valence-electron chi connectivity index (χ2n) is 8.18. The average Bonchev–Trinajstić information content (AvgIpc) is 3.26. The molecule has 164 valence electrons. The van der Waals surface area contributed by atoms with Crippen LogP contribution in [-0.4, -0.2) is 73.9 Å². The molecule has 0 spiro atoms. The van der Waals surface area contributed by atoms with E-state index in [9.17, 15) is 0 Å². The second-order valence-corrected chi connectivity index (χ2v) is 8.18. The standard InChI is InChI=1S/C21H36N6O.HI/c1-4-22-20(25-17-21(2,3)27-11-13-28-14-12-27)24-16-18-7-8-19(23-15-18)26-9-5-6-10-26;/h7-8,15H,4-6,9-14,16-17H2,1-3H3,(H2,22,24,25);1H. The van der Waals surface area contributed by atoms with E-state index >= 15 is 0 Å². The van der Waals surface area contributed by atoms with E-state index in [2.05, 4.69) is 58.3 Å². The van der Waals surface area contributed by atoms with Crippen molar-refractivity contribution in [3.05, 3.63) is 23.9 Å². The quantitative estimate of drug-likeness (QED) is 0.330. The summed E-state index contributed by atoms with van der Waals surface area (Å²) in [5, 5.41) is 6.86. The molecule has 0 atom stereocenters. The number of ether oxygens (including phenoxy) is 1. The van der Waals surface area contributed by atoms with Crippen LogP contribution in [0.3, 0.4) is 0 Å². The number of pyridine rings is 1. The number of aromatic nitrogens is 1. The molecular formula is C21H37IN6O. The number of hydrogen-bond donors (Lipinski definition) is 2. The molecule has 0 aromatic carbocycles. The molecule has 3 heterocycles. The van der Waals surface area contributed by atoms with E-state index in [1.54, 1.807) is 0 Å². The topological polar surface area (TPSA) is 65.0 Å². The Hall–Kier alpha value is -1.13. The number of rotatable bonds is 7. The Labute approximate surface area is 192 Å². The normalized spacial score (nSPS) is 18.4. The van der Waals surface area contributed by atoms with Gasteiger partial charge in [0, 0.05) is 51.0 Å². The van der Waals surface area contributed by atoms with Gasteiger partial charge in [0.2, 0.25) is 0 Å². The van der Waals surface area contributed by atoms with E-state index in [0.717, 1.165) is 69.8 Å². The largest absolute Gasteiger partial charge is 0.379 e. The Kier molecular flexibility index (Phi) is 9.91. The number of halogens is 1. The highest BCUT2D eigenvalue weighted by Gasteiger charge is 2.28. The summed E-state index contributed by atoms with van der Waals surface area (Å²) in [6.07, 6.45) is 4.50. The van der Waals surface area contributed by atoms with Gasteiger partial charge in [0.1, 0.15) is 5.82 Å². The van der Waals surface area contributed by atoms with Crippen molar-refractivity contribution in [1.82, 2.24) is 20.5 Å². The summed E-state index contributed by atoms with van der Waals surface area (Å²) in [4.78, 5) is 14.2. The minimum atomic E-state index is 0. The zero-order valence-corrected chi connectivity index (χ0v) is 20.4. The summed E-state index contributed by atoms with van der Waals surface area (Å²) >= 11 is 0. The van der Waals surface area contributed by atoms with Gasteiger partial charge in [-0.2, -0.15) is 0 Å². The highest BCUT2D eigenvalue weighted by Crippen LogP contribution is 2.18. The van der Waals surface area contributed by atoms with Crippen molar-refractivity contribution < 1.29 is 4.74 Å². The van der Waals surface area contributed by atoms with Crippen LogP contribution >= 0.6 is 24.0 Å². The van der Waals surface area contributed by atoms with Gasteiger partial charge in [-0.05, 0) is 45.2 Å². The van der Waals surface area contributed by atoms with E-state index in [-0.39, 0.29) is 29.5 Å². The fraction of sp³-hybridized carbons (Fsp3) is 0.714. The lowest BCUT2D eigenvalue weighted by atomic mass is 10.0. The number of hydrogen-bond acceptors (Lipinski definition) is 5. The molecule has 2 fully saturated rings. The van der Waals surface area contributed by atoms with Crippen molar-refractivity contribution >= 4 is 35.8 Å². The molecule has 2 aliphatic heterocycles. The number of guanidine groups is 1. The van der Waals surface area contributed by atoms with Crippen LogP contribution in [0, 0.1) is 0 Å². The van der Waals surface area contributed by atoms with Crippen LogP contribution < -0.4 is 15.5 Å². The number of morpholine rings is 1. The third-order valence-electron chi connectivity index (χ3n) is 5.56. The molecule has 1 aromatic heterocycles. The van der Waals surface area contributed by atoms with E-state index in [1.165, 1.54) is 12.8 Å². The van der Waals surface area contributed by atoms with Crippen LogP contribution in [0.15, 0.2) is 23.3 Å². The fourth-order valence-corrected chi connectivity index (χ4v) is 3.74. The number of anilines is 1. The van der Waals surface area contributed by atoms with Crippen LogP contribution in [-0.2, 0) is 11.3 Å². The highest BCUT2D eigenvalue weighted by atomic mass is 127. The summed E-state index contributed by atoms with van der Waals surface area (Å²) in [5.41, 5.74) is 1.19. The maximum Gasteiger partial charge on any atom is 0.191 e. The molecule has 0 saturated carbocycles. The zero-order chi connectivity index (χ0) is 19.8. The monoisotopic (exact) mass is 516 g/mol. The lowest BCUT2D eigenvalue weighted by Crippen LogP contribution is -2.56. The number of aliphatic imine (C=N–C) groups is 1. The smallest absolute Gasteiger partial charge is 0.191 e. The van der Waals surface area contributed by atoms with E-state index in [0.29, 0.717) is 6.54 Å². The fourth-order valence-electron chi connectivity index (χ4n) is 3.74. The summed E-state index contributed by atoms with van der Waals surface area (Å²) in [6.45, 7) is 14.8. The summed E-state index contributed by atoms with van der Waals surface area (Å²) in [5.74, 6) is 1.94. The van der Waals surface area contributed by atoms with Crippen LogP contribution in [0.1, 0.15) is 39.2 Å². The van der Waals surface area contributed by atoms with Crippen molar-refractivity contribution in [1.29, 1.82) is 0 Å². The van der Waals surface area contributed by atoms with Gasteiger partial charge >= 0.3 is 0 Å². The maximum absolute atomic E-state index is 5.48. The summed E-state index contributed by atoms with van der Waals surface area (Å²) in [7, 11) is 0. The van der Waals surface area contributed by atoms with E-state index in [4.69, 9.17) is 9.73 Å². The lowest BCUT2D eigenvalue weighted by Gasteiger charge is -2.41. The van der Waals surface area contributed by atoms with Gasteiger partial charge in [-0.15, -0.1) is 24.0 Å². The predicted octanol–water partition coefficient (Wildman–Crippen LogP) is 2.47. The van der Waals surface area contributed by atoms with Crippen LogP contribution in [0.2, 0.25) is 0 Å². The van der Waals surface area contributed by atoms with Gasteiger partial charge in [-0.1, -0.05) is 6.07 Å². The minimum absolute atomic E-state index is 0. The molecule has 0 radical (unpaired) electrons. The molecule has 2 N–H and O–H groups in total. The predicted molar refractivity (Wildman–Crippen MR) is 130 cm³/mol. The van der Waals surface area contributed by atoms with Gasteiger partial charge in [0.05, 0.1) is 19.8 Å². The van der Waals surface area contributed by atoms with Gasteiger partial charge in [0.25, 0.3) is 0 Å². The van der Waals surface area contributed by atoms with Crippen molar-refractivity contribution in [2.45, 2.75) is 45.7 Å². The molecule has 0 unspecified atom stereocenters. The average molecular weight is 516 g/mol. The van der Waals surface area contributed by atoms with Crippen LogP contribution in [0.25, 0.3) is 0 Å². The SMILES string of the molecule is CCNC(=NCc1ccc(N2CCCC2)nc1)NCC(C)(C)N1CCOCC1.I. The Morgan fingerprint density at radius 2 is 1.86 bits per heavy atom.